The van der Waals surface area contributed by atoms with Gasteiger partial charge in [0.1, 0.15) is 31.0 Å². The number of allylic oxidation sites excluding steroid dienone is 2. The van der Waals surface area contributed by atoms with Gasteiger partial charge in [-0.25, -0.2) is 0 Å². The summed E-state index contributed by atoms with van der Waals surface area (Å²) in [6, 6.07) is 0. The number of carbonyl (C=O) groups excluding carboxylic acids is 2. The summed E-state index contributed by atoms with van der Waals surface area (Å²) in [7, 11) is 0. The number of hydrogen-bond donors (Lipinski definition) is 4. The van der Waals surface area contributed by atoms with Crippen LogP contribution in [-0.2, 0) is 28.5 Å². The van der Waals surface area contributed by atoms with Gasteiger partial charge in [-0.05, 0) is 38.5 Å². The van der Waals surface area contributed by atoms with Crippen molar-refractivity contribution in [3.63, 3.8) is 0 Å². The van der Waals surface area contributed by atoms with Gasteiger partial charge < -0.3 is 39.4 Å². The third-order valence-electron chi connectivity index (χ3n) is 10.2. The zero-order chi connectivity index (χ0) is 38.8. The number of ether oxygens (including phenoxy) is 4. The molecule has 10 nitrogen and oxygen atoms in total. The number of esters is 2. The van der Waals surface area contributed by atoms with Gasteiger partial charge in [0.05, 0.1) is 13.2 Å². The van der Waals surface area contributed by atoms with E-state index in [1.54, 1.807) is 0 Å². The molecular formula is C43H80O10. The van der Waals surface area contributed by atoms with Crippen molar-refractivity contribution in [2.75, 3.05) is 19.8 Å². The number of aliphatic hydroxyl groups excluding tert-OH is 4. The maximum Gasteiger partial charge on any atom is 0.306 e. The number of hydrogen-bond acceptors (Lipinski definition) is 10. The Morgan fingerprint density at radius 2 is 1.00 bits per heavy atom. The number of carbonyl (C=O) groups is 2. The number of rotatable bonds is 36. The lowest BCUT2D eigenvalue weighted by Gasteiger charge is -2.39. The average molecular weight is 757 g/mol. The van der Waals surface area contributed by atoms with E-state index >= 15 is 0 Å². The van der Waals surface area contributed by atoms with Crippen LogP contribution in [-0.4, -0.2) is 89.0 Å². The molecule has 1 rings (SSSR count). The molecule has 0 bridgehead atoms. The molecule has 1 heterocycles. The van der Waals surface area contributed by atoms with Crippen molar-refractivity contribution >= 4 is 11.9 Å². The van der Waals surface area contributed by atoms with Crippen molar-refractivity contribution in [2.24, 2.45) is 0 Å². The topological polar surface area (TPSA) is 152 Å². The van der Waals surface area contributed by atoms with Crippen molar-refractivity contribution < 1.29 is 49.0 Å². The Balaban J connectivity index is 2.22. The zero-order valence-corrected chi connectivity index (χ0v) is 33.8. The van der Waals surface area contributed by atoms with E-state index in [2.05, 4.69) is 26.0 Å². The van der Waals surface area contributed by atoms with Gasteiger partial charge in [-0.3, -0.25) is 9.59 Å². The first kappa shape index (κ1) is 49.5. The van der Waals surface area contributed by atoms with E-state index in [1.165, 1.54) is 122 Å². The lowest BCUT2D eigenvalue weighted by atomic mass is 9.99. The first-order chi connectivity index (χ1) is 25.8. The molecule has 10 heteroatoms. The van der Waals surface area contributed by atoms with Crippen LogP contribution in [0.5, 0.6) is 0 Å². The Morgan fingerprint density at radius 1 is 0.566 bits per heavy atom. The van der Waals surface area contributed by atoms with E-state index in [9.17, 15) is 30.0 Å². The van der Waals surface area contributed by atoms with Crippen LogP contribution < -0.4 is 0 Å². The van der Waals surface area contributed by atoms with Crippen LogP contribution in [0, 0.1) is 0 Å². The van der Waals surface area contributed by atoms with Crippen molar-refractivity contribution in [3.8, 4) is 0 Å². The normalized spacial score (nSPS) is 20.9. The van der Waals surface area contributed by atoms with Gasteiger partial charge in [0, 0.05) is 12.8 Å². The Kier molecular flexibility index (Phi) is 32.6. The minimum absolute atomic E-state index is 0.213. The van der Waals surface area contributed by atoms with Gasteiger partial charge >= 0.3 is 11.9 Å². The number of unbranched alkanes of at least 4 members (excludes halogenated alkanes) is 23. The molecule has 6 atom stereocenters. The molecule has 1 aliphatic heterocycles. The second-order valence-corrected chi connectivity index (χ2v) is 15.2. The summed E-state index contributed by atoms with van der Waals surface area (Å²) < 4.78 is 22.0. The molecule has 312 valence electrons. The van der Waals surface area contributed by atoms with Crippen LogP contribution >= 0.6 is 0 Å². The van der Waals surface area contributed by atoms with Crippen LogP contribution in [0.1, 0.15) is 194 Å². The molecule has 0 aliphatic carbocycles. The molecule has 0 spiro atoms. The molecule has 1 fully saturated rings. The van der Waals surface area contributed by atoms with Crippen LogP contribution in [0.25, 0.3) is 0 Å². The van der Waals surface area contributed by atoms with Gasteiger partial charge in [0.25, 0.3) is 0 Å². The quantitative estimate of drug-likeness (QED) is 0.0277. The molecular weight excluding hydrogens is 676 g/mol. The molecule has 0 amide bonds. The summed E-state index contributed by atoms with van der Waals surface area (Å²) in [5.74, 6) is -0.807. The van der Waals surface area contributed by atoms with Crippen LogP contribution in [0.2, 0.25) is 0 Å². The van der Waals surface area contributed by atoms with E-state index in [1.807, 2.05) is 0 Å². The van der Waals surface area contributed by atoms with Crippen LogP contribution in [0.4, 0.5) is 0 Å². The summed E-state index contributed by atoms with van der Waals surface area (Å²) in [5.41, 5.74) is 0. The van der Waals surface area contributed by atoms with Gasteiger partial charge in [0.2, 0.25) is 0 Å². The molecule has 1 saturated heterocycles. The van der Waals surface area contributed by atoms with E-state index in [-0.39, 0.29) is 32.0 Å². The fourth-order valence-electron chi connectivity index (χ4n) is 6.65. The maximum absolute atomic E-state index is 12.6. The molecule has 0 aromatic rings. The van der Waals surface area contributed by atoms with Gasteiger partial charge in [0.15, 0.2) is 12.4 Å². The largest absolute Gasteiger partial charge is 0.462 e. The third kappa shape index (κ3) is 26.8. The molecule has 0 radical (unpaired) electrons. The summed E-state index contributed by atoms with van der Waals surface area (Å²) in [5, 5.41) is 39.9. The SMILES string of the molecule is CCCCCCCC/C=C/CCCCCCCCCCCCCC(=O)OC[C@@H](CO[C@H]1O[C@@H](CO)[C@@H](O)C(O)C1O)OC(=O)CCCCCCCCC. The lowest BCUT2D eigenvalue weighted by Crippen LogP contribution is -2.59. The van der Waals surface area contributed by atoms with Crippen molar-refractivity contribution in [1.82, 2.24) is 0 Å². The minimum Gasteiger partial charge on any atom is -0.462 e. The highest BCUT2D eigenvalue weighted by atomic mass is 16.7. The predicted octanol–water partition coefficient (Wildman–Crippen LogP) is 8.78. The molecule has 53 heavy (non-hydrogen) atoms. The first-order valence-corrected chi connectivity index (χ1v) is 21.8. The van der Waals surface area contributed by atoms with E-state index in [0.717, 1.165) is 38.5 Å². The smallest absolute Gasteiger partial charge is 0.306 e. The van der Waals surface area contributed by atoms with Gasteiger partial charge in [-0.15, -0.1) is 0 Å². The fourth-order valence-corrected chi connectivity index (χ4v) is 6.65. The molecule has 0 aromatic heterocycles. The first-order valence-electron chi connectivity index (χ1n) is 21.8. The minimum atomic E-state index is -1.59. The Hall–Kier alpha value is -1.56. The van der Waals surface area contributed by atoms with E-state index in [4.69, 9.17) is 18.9 Å². The van der Waals surface area contributed by atoms with E-state index < -0.39 is 49.4 Å². The second-order valence-electron chi connectivity index (χ2n) is 15.2. The Bertz CT molecular complexity index is 881. The predicted molar refractivity (Wildman–Crippen MR) is 210 cm³/mol. The summed E-state index contributed by atoms with van der Waals surface area (Å²) in [6.07, 6.45) is 28.2. The summed E-state index contributed by atoms with van der Waals surface area (Å²) in [4.78, 5) is 25.1. The fraction of sp³-hybridized carbons (Fsp3) is 0.907. The number of aliphatic hydroxyl groups is 4. The van der Waals surface area contributed by atoms with E-state index in [0.29, 0.717) is 6.42 Å². The highest BCUT2D eigenvalue weighted by Gasteiger charge is 2.44. The third-order valence-corrected chi connectivity index (χ3v) is 10.2. The van der Waals surface area contributed by atoms with Crippen LogP contribution in [0.15, 0.2) is 12.2 Å². The summed E-state index contributed by atoms with van der Waals surface area (Å²) in [6.45, 7) is 3.37. The molecule has 0 saturated carbocycles. The molecule has 2 unspecified atom stereocenters. The highest BCUT2D eigenvalue weighted by Crippen LogP contribution is 2.23. The molecule has 4 N–H and O–H groups in total. The molecule has 0 aromatic carbocycles. The van der Waals surface area contributed by atoms with Gasteiger partial charge in [-0.2, -0.15) is 0 Å². The van der Waals surface area contributed by atoms with Gasteiger partial charge in [-0.1, -0.05) is 154 Å². The standard InChI is InChI=1S/C43H80O10/c1-3-5-7-9-11-12-13-14-15-16-17-18-19-20-21-22-23-24-26-27-29-31-38(45)50-34-36(52-39(46)32-30-28-25-10-8-6-4-2)35-51-43-42(49)41(48)40(47)37(33-44)53-43/h14-15,36-37,40-44,47-49H,3-13,16-35H2,1-2H3/b15-14+/t36-,37-,40+,41?,42?,43-/m0/s1. The Morgan fingerprint density at radius 3 is 1.47 bits per heavy atom. The maximum atomic E-state index is 12.6. The van der Waals surface area contributed by atoms with Crippen molar-refractivity contribution in [1.29, 1.82) is 0 Å². The Labute approximate surface area is 322 Å². The van der Waals surface area contributed by atoms with Crippen LogP contribution in [0.3, 0.4) is 0 Å². The summed E-state index contributed by atoms with van der Waals surface area (Å²) >= 11 is 0. The second kappa shape index (κ2) is 34.9. The lowest BCUT2D eigenvalue weighted by molar-refractivity contribution is -0.305. The zero-order valence-electron chi connectivity index (χ0n) is 33.8. The average Bonchev–Trinajstić information content (AvgIpc) is 3.15. The van der Waals surface area contributed by atoms with Crippen molar-refractivity contribution in [2.45, 2.75) is 230 Å². The molecule has 1 aliphatic rings. The monoisotopic (exact) mass is 757 g/mol. The van der Waals surface area contributed by atoms with Crippen molar-refractivity contribution in [3.05, 3.63) is 12.2 Å². The highest BCUT2D eigenvalue weighted by molar-refractivity contribution is 5.70.